The molecule has 0 radical (unpaired) electrons. The lowest BCUT2D eigenvalue weighted by Gasteiger charge is -2.22. The standard InChI is InChI=1S/C16H27N3O3/c17-9-5-4-8-14(16(21)22)19-11-15(20)13(18)10-12-6-2-1-3-7-12/h1-3,6-7,13-15,19-20H,4-5,8-11,17-18H2,(H,21,22)/t13-,14?,15-/m0/s1. The second kappa shape index (κ2) is 10.3. The second-order valence-corrected chi connectivity index (χ2v) is 5.50. The first-order chi connectivity index (χ1) is 10.5. The molecule has 22 heavy (non-hydrogen) atoms. The Morgan fingerprint density at radius 1 is 1.23 bits per heavy atom. The third-order valence-electron chi connectivity index (χ3n) is 3.63. The number of benzene rings is 1. The molecule has 124 valence electrons. The van der Waals surface area contributed by atoms with Gasteiger partial charge in [-0.3, -0.25) is 4.79 Å². The quantitative estimate of drug-likeness (QED) is 0.369. The molecule has 7 N–H and O–H groups in total. The highest BCUT2D eigenvalue weighted by molar-refractivity contribution is 5.73. The van der Waals surface area contributed by atoms with Crippen LogP contribution in [0.5, 0.6) is 0 Å². The number of hydrogen-bond acceptors (Lipinski definition) is 5. The summed E-state index contributed by atoms with van der Waals surface area (Å²) in [7, 11) is 0. The number of carboxylic acid groups (broad SMARTS) is 1. The Bertz CT molecular complexity index is 428. The van der Waals surface area contributed by atoms with E-state index >= 15 is 0 Å². The third-order valence-corrected chi connectivity index (χ3v) is 3.63. The predicted octanol–water partition coefficient (Wildman–Crippen LogP) is 0.0891. The number of aliphatic carboxylic acids is 1. The Kier molecular flexibility index (Phi) is 8.69. The van der Waals surface area contributed by atoms with Crippen LogP contribution in [0.3, 0.4) is 0 Å². The first-order valence-electron chi connectivity index (χ1n) is 7.68. The number of unbranched alkanes of at least 4 members (excludes halogenated alkanes) is 1. The Morgan fingerprint density at radius 3 is 2.50 bits per heavy atom. The number of nitrogens with one attached hydrogen (secondary N) is 1. The average Bonchev–Trinajstić information content (AvgIpc) is 2.51. The molecule has 1 aromatic carbocycles. The molecule has 0 aliphatic rings. The van der Waals surface area contributed by atoms with Gasteiger partial charge in [-0.15, -0.1) is 0 Å². The van der Waals surface area contributed by atoms with E-state index in [1.807, 2.05) is 30.3 Å². The van der Waals surface area contributed by atoms with Gasteiger partial charge in [0, 0.05) is 12.6 Å². The van der Waals surface area contributed by atoms with Gasteiger partial charge in [0.2, 0.25) is 0 Å². The van der Waals surface area contributed by atoms with Crippen molar-refractivity contribution < 1.29 is 15.0 Å². The van der Waals surface area contributed by atoms with Crippen molar-refractivity contribution in [2.45, 2.75) is 43.9 Å². The van der Waals surface area contributed by atoms with E-state index < -0.39 is 24.2 Å². The molecule has 0 saturated heterocycles. The van der Waals surface area contributed by atoms with Gasteiger partial charge in [-0.05, 0) is 31.4 Å². The van der Waals surface area contributed by atoms with E-state index in [-0.39, 0.29) is 6.54 Å². The maximum Gasteiger partial charge on any atom is 0.320 e. The summed E-state index contributed by atoms with van der Waals surface area (Å²) in [5, 5.41) is 22.1. The summed E-state index contributed by atoms with van der Waals surface area (Å²) in [5.41, 5.74) is 12.4. The van der Waals surface area contributed by atoms with Crippen LogP contribution in [0.2, 0.25) is 0 Å². The van der Waals surface area contributed by atoms with Gasteiger partial charge >= 0.3 is 5.97 Å². The molecular weight excluding hydrogens is 282 g/mol. The van der Waals surface area contributed by atoms with Crippen molar-refractivity contribution in [2.24, 2.45) is 11.5 Å². The van der Waals surface area contributed by atoms with Gasteiger partial charge in [0.1, 0.15) is 6.04 Å². The molecule has 1 rings (SSSR count). The van der Waals surface area contributed by atoms with Crippen LogP contribution in [0.4, 0.5) is 0 Å². The molecule has 0 aliphatic carbocycles. The van der Waals surface area contributed by atoms with Crippen LogP contribution in [0.25, 0.3) is 0 Å². The Morgan fingerprint density at radius 2 is 1.91 bits per heavy atom. The second-order valence-electron chi connectivity index (χ2n) is 5.50. The van der Waals surface area contributed by atoms with Crippen molar-refractivity contribution in [1.29, 1.82) is 0 Å². The van der Waals surface area contributed by atoms with Crippen molar-refractivity contribution in [3.63, 3.8) is 0 Å². The van der Waals surface area contributed by atoms with Crippen LogP contribution in [0, 0.1) is 0 Å². The molecule has 0 bridgehead atoms. The molecule has 1 aromatic rings. The average molecular weight is 309 g/mol. The molecule has 1 unspecified atom stereocenters. The normalized spacial score (nSPS) is 15.2. The zero-order chi connectivity index (χ0) is 16.4. The molecule has 0 aromatic heterocycles. The minimum atomic E-state index is -0.916. The number of hydrogen-bond donors (Lipinski definition) is 5. The Labute approximate surface area is 131 Å². The van der Waals surface area contributed by atoms with Crippen molar-refractivity contribution in [1.82, 2.24) is 5.32 Å². The number of carbonyl (C=O) groups is 1. The van der Waals surface area contributed by atoms with Gasteiger partial charge in [-0.1, -0.05) is 36.8 Å². The van der Waals surface area contributed by atoms with E-state index in [0.717, 1.165) is 18.4 Å². The molecule has 0 heterocycles. The molecule has 0 aliphatic heterocycles. The zero-order valence-corrected chi connectivity index (χ0v) is 12.8. The summed E-state index contributed by atoms with van der Waals surface area (Å²) in [6, 6.07) is 8.55. The lowest BCUT2D eigenvalue weighted by atomic mass is 10.0. The van der Waals surface area contributed by atoms with Gasteiger partial charge in [0.15, 0.2) is 0 Å². The molecule has 0 spiro atoms. The van der Waals surface area contributed by atoms with E-state index in [1.165, 1.54) is 0 Å². The number of aliphatic hydroxyl groups excluding tert-OH is 1. The van der Waals surface area contributed by atoms with Crippen LogP contribution in [0.15, 0.2) is 30.3 Å². The number of nitrogens with two attached hydrogens (primary N) is 2. The predicted molar refractivity (Wildman–Crippen MR) is 86.5 cm³/mol. The first kappa shape index (κ1) is 18.6. The summed E-state index contributed by atoms with van der Waals surface area (Å²) in [6.07, 6.45) is 1.78. The number of rotatable bonds is 11. The molecule has 3 atom stereocenters. The summed E-state index contributed by atoms with van der Waals surface area (Å²) in [6.45, 7) is 0.713. The summed E-state index contributed by atoms with van der Waals surface area (Å²) in [4.78, 5) is 11.2. The maximum absolute atomic E-state index is 11.2. The zero-order valence-electron chi connectivity index (χ0n) is 12.8. The molecule has 6 nitrogen and oxygen atoms in total. The minimum Gasteiger partial charge on any atom is -0.480 e. The van der Waals surface area contributed by atoms with Crippen LogP contribution in [0.1, 0.15) is 24.8 Å². The SMILES string of the molecule is NCCCCC(NC[C@H](O)[C@@H](N)Cc1ccccc1)C(=O)O. The van der Waals surface area contributed by atoms with Crippen LogP contribution >= 0.6 is 0 Å². The summed E-state index contributed by atoms with van der Waals surface area (Å²) < 4.78 is 0. The summed E-state index contributed by atoms with van der Waals surface area (Å²) >= 11 is 0. The highest BCUT2D eigenvalue weighted by Gasteiger charge is 2.20. The van der Waals surface area contributed by atoms with Crippen molar-refractivity contribution >= 4 is 5.97 Å². The molecule has 0 saturated carbocycles. The van der Waals surface area contributed by atoms with E-state index in [9.17, 15) is 9.90 Å². The fraction of sp³-hybridized carbons (Fsp3) is 0.562. The highest BCUT2D eigenvalue weighted by Crippen LogP contribution is 2.05. The molecule has 6 heteroatoms. The highest BCUT2D eigenvalue weighted by atomic mass is 16.4. The van der Waals surface area contributed by atoms with Crippen molar-refractivity contribution in [3.05, 3.63) is 35.9 Å². The lowest BCUT2D eigenvalue weighted by Crippen LogP contribution is -2.47. The van der Waals surface area contributed by atoms with Crippen molar-refractivity contribution in [3.8, 4) is 0 Å². The topological polar surface area (TPSA) is 122 Å². The maximum atomic E-state index is 11.2. The summed E-state index contributed by atoms with van der Waals surface area (Å²) in [5.74, 6) is -0.916. The molecular formula is C16H27N3O3. The lowest BCUT2D eigenvalue weighted by molar-refractivity contribution is -0.139. The van der Waals surface area contributed by atoms with E-state index in [2.05, 4.69) is 5.32 Å². The smallest absolute Gasteiger partial charge is 0.320 e. The van der Waals surface area contributed by atoms with Crippen LogP contribution < -0.4 is 16.8 Å². The van der Waals surface area contributed by atoms with Crippen LogP contribution in [-0.2, 0) is 11.2 Å². The number of carboxylic acids is 1. The fourth-order valence-electron chi connectivity index (χ4n) is 2.24. The van der Waals surface area contributed by atoms with E-state index in [4.69, 9.17) is 16.6 Å². The van der Waals surface area contributed by atoms with Crippen molar-refractivity contribution in [2.75, 3.05) is 13.1 Å². The minimum absolute atomic E-state index is 0.160. The number of aliphatic hydroxyl groups is 1. The van der Waals surface area contributed by atoms with Gasteiger partial charge in [0.25, 0.3) is 0 Å². The first-order valence-corrected chi connectivity index (χ1v) is 7.68. The van der Waals surface area contributed by atoms with E-state index in [1.54, 1.807) is 0 Å². The van der Waals surface area contributed by atoms with Crippen LogP contribution in [-0.4, -0.2) is 47.5 Å². The molecule has 0 amide bonds. The monoisotopic (exact) mass is 309 g/mol. The Balaban J connectivity index is 2.38. The van der Waals surface area contributed by atoms with Gasteiger partial charge in [-0.25, -0.2) is 0 Å². The van der Waals surface area contributed by atoms with Gasteiger partial charge in [-0.2, -0.15) is 0 Å². The fourth-order valence-corrected chi connectivity index (χ4v) is 2.24. The van der Waals surface area contributed by atoms with Gasteiger partial charge in [0.05, 0.1) is 6.10 Å². The molecule has 0 fully saturated rings. The Hall–Kier alpha value is -1.47. The largest absolute Gasteiger partial charge is 0.480 e. The third kappa shape index (κ3) is 7.00. The van der Waals surface area contributed by atoms with E-state index in [0.29, 0.717) is 19.4 Å². The van der Waals surface area contributed by atoms with Gasteiger partial charge < -0.3 is 27.0 Å².